The fourth-order valence-electron chi connectivity index (χ4n) is 1.58. The Morgan fingerprint density at radius 3 is 2.70 bits per heavy atom. The molecular formula is C13H19N3O4. The largest absolute Gasteiger partial charge is 0.485 e. The Bertz CT molecular complexity index is 489. The normalized spacial score (nSPS) is 10.2. The van der Waals surface area contributed by atoms with Crippen LogP contribution in [0.25, 0.3) is 0 Å². The Kier molecular flexibility index (Phi) is 5.92. The summed E-state index contributed by atoms with van der Waals surface area (Å²) in [5.74, 6) is -0.115. The number of carbonyl (C=O) groups excluding carboxylic acids is 1. The summed E-state index contributed by atoms with van der Waals surface area (Å²) in [5.41, 5.74) is 0.0648. The van der Waals surface area contributed by atoms with Crippen LogP contribution in [0.15, 0.2) is 18.2 Å². The fraction of sp³-hybridized carbons (Fsp3) is 0.462. The molecule has 0 saturated carbocycles. The SMILES string of the molecule is CCNCCOc1ccc(C(=O)N(C)C)cc1[N+](=O)[O-]. The van der Waals surface area contributed by atoms with E-state index >= 15 is 0 Å². The van der Waals surface area contributed by atoms with E-state index in [0.717, 1.165) is 6.54 Å². The van der Waals surface area contributed by atoms with Crippen LogP contribution in [0.1, 0.15) is 17.3 Å². The van der Waals surface area contributed by atoms with Crippen molar-refractivity contribution in [3.8, 4) is 5.75 Å². The first kappa shape index (κ1) is 15.9. The van der Waals surface area contributed by atoms with Crippen molar-refractivity contribution in [3.63, 3.8) is 0 Å². The van der Waals surface area contributed by atoms with Gasteiger partial charge >= 0.3 is 5.69 Å². The summed E-state index contributed by atoms with van der Waals surface area (Å²) >= 11 is 0. The molecule has 0 saturated heterocycles. The third-order valence-electron chi connectivity index (χ3n) is 2.60. The first-order valence-corrected chi connectivity index (χ1v) is 6.31. The molecule has 0 unspecified atom stereocenters. The Hall–Kier alpha value is -2.15. The van der Waals surface area contributed by atoms with Gasteiger partial charge in [0, 0.05) is 32.3 Å². The maximum atomic E-state index is 11.8. The minimum absolute atomic E-state index is 0.170. The molecule has 0 spiro atoms. The van der Waals surface area contributed by atoms with Gasteiger partial charge in [-0.2, -0.15) is 0 Å². The summed E-state index contributed by atoms with van der Waals surface area (Å²) in [6, 6.07) is 4.23. The Morgan fingerprint density at radius 2 is 2.15 bits per heavy atom. The van der Waals surface area contributed by atoms with Crippen LogP contribution in [0.2, 0.25) is 0 Å². The summed E-state index contributed by atoms with van der Waals surface area (Å²) in [5, 5.41) is 14.1. The highest BCUT2D eigenvalue weighted by Crippen LogP contribution is 2.28. The van der Waals surface area contributed by atoms with Crippen LogP contribution in [0.3, 0.4) is 0 Å². The number of carbonyl (C=O) groups is 1. The minimum atomic E-state index is -0.547. The molecule has 0 aliphatic carbocycles. The van der Waals surface area contributed by atoms with Gasteiger partial charge in [-0.3, -0.25) is 14.9 Å². The van der Waals surface area contributed by atoms with Crippen LogP contribution in [0.5, 0.6) is 5.75 Å². The first-order valence-electron chi connectivity index (χ1n) is 6.31. The number of benzene rings is 1. The lowest BCUT2D eigenvalue weighted by Gasteiger charge is -2.11. The molecular weight excluding hydrogens is 262 g/mol. The molecule has 0 atom stereocenters. The average Bonchev–Trinajstić information content (AvgIpc) is 2.42. The zero-order valence-electron chi connectivity index (χ0n) is 11.9. The molecule has 0 bridgehead atoms. The van der Waals surface area contributed by atoms with E-state index in [1.165, 1.54) is 23.1 Å². The highest BCUT2D eigenvalue weighted by Gasteiger charge is 2.19. The molecule has 0 radical (unpaired) electrons. The molecule has 0 aromatic heterocycles. The van der Waals surface area contributed by atoms with Crippen LogP contribution in [0.4, 0.5) is 5.69 Å². The monoisotopic (exact) mass is 281 g/mol. The third kappa shape index (κ3) is 4.20. The third-order valence-corrected chi connectivity index (χ3v) is 2.60. The summed E-state index contributed by atoms with van der Waals surface area (Å²) in [6.07, 6.45) is 0. The smallest absolute Gasteiger partial charge is 0.311 e. The average molecular weight is 281 g/mol. The fourth-order valence-corrected chi connectivity index (χ4v) is 1.58. The highest BCUT2D eigenvalue weighted by molar-refractivity contribution is 5.94. The molecule has 0 heterocycles. The quantitative estimate of drug-likeness (QED) is 0.462. The van der Waals surface area contributed by atoms with Crippen molar-refractivity contribution in [2.45, 2.75) is 6.92 Å². The van der Waals surface area contributed by atoms with E-state index in [-0.39, 0.29) is 22.9 Å². The van der Waals surface area contributed by atoms with Crippen molar-refractivity contribution < 1.29 is 14.5 Å². The number of hydrogen-bond donors (Lipinski definition) is 1. The van der Waals surface area contributed by atoms with Gasteiger partial charge in [0.05, 0.1) is 4.92 Å². The molecule has 0 fully saturated rings. The van der Waals surface area contributed by atoms with Gasteiger partial charge in [-0.05, 0) is 18.7 Å². The number of nitrogens with one attached hydrogen (secondary N) is 1. The van der Waals surface area contributed by atoms with E-state index in [2.05, 4.69) is 5.32 Å². The van der Waals surface area contributed by atoms with Crippen molar-refractivity contribution in [2.75, 3.05) is 33.8 Å². The molecule has 1 N–H and O–H groups in total. The van der Waals surface area contributed by atoms with Crippen LogP contribution in [-0.4, -0.2) is 49.5 Å². The Balaban J connectivity index is 2.91. The molecule has 0 aliphatic heterocycles. The molecule has 1 aromatic rings. The van der Waals surface area contributed by atoms with Gasteiger partial charge in [-0.25, -0.2) is 0 Å². The van der Waals surface area contributed by atoms with E-state index in [9.17, 15) is 14.9 Å². The predicted molar refractivity (Wildman–Crippen MR) is 75.2 cm³/mol. The van der Waals surface area contributed by atoms with E-state index < -0.39 is 4.92 Å². The lowest BCUT2D eigenvalue weighted by molar-refractivity contribution is -0.385. The topological polar surface area (TPSA) is 84.7 Å². The van der Waals surface area contributed by atoms with Gasteiger partial charge in [0.1, 0.15) is 6.61 Å². The summed E-state index contributed by atoms with van der Waals surface area (Å²) in [6.45, 7) is 3.70. The number of nitro groups is 1. The van der Waals surface area contributed by atoms with Crippen molar-refractivity contribution in [1.82, 2.24) is 10.2 Å². The van der Waals surface area contributed by atoms with Crippen molar-refractivity contribution >= 4 is 11.6 Å². The molecule has 110 valence electrons. The number of likely N-dealkylation sites (N-methyl/N-ethyl adjacent to an activating group) is 1. The van der Waals surface area contributed by atoms with E-state index in [1.54, 1.807) is 14.1 Å². The van der Waals surface area contributed by atoms with E-state index in [0.29, 0.717) is 13.2 Å². The number of rotatable bonds is 7. The van der Waals surface area contributed by atoms with Crippen LogP contribution in [0, 0.1) is 10.1 Å². The van der Waals surface area contributed by atoms with Crippen LogP contribution >= 0.6 is 0 Å². The van der Waals surface area contributed by atoms with Gasteiger partial charge in [0.15, 0.2) is 5.75 Å². The molecule has 7 nitrogen and oxygen atoms in total. The number of amides is 1. The molecule has 1 aromatic carbocycles. The van der Waals surface area contributed by atoms with Gasteiger partial charge in [-0.1, -0.05) is 6.92 Å². The number of nitro benzene ring substituents is 1. The van der Waals surface area contributed by atoms with E-state index in [4.69, 9.17) is 4.74 Å². The van der Waals surface area contributed by atoms with Crippen LogP contribution < -0.4 is 10.1 Å². The molecule has 1 amide bonds. The summed E-state index contributed by atoms with van der Waals surface area (Å²) < 4.78 is 5.37. The summed E-state index contributed by atoms with van der Waals surface area (Å²) in [7, 11) is 3.18. The van der Waals surface area contributed by atoms with Gasteiger partial charge in [0.2, 0.25) is 0 Å². The zero-order valence-corrected chi connectivity index (χ0v) is 11.9. The second-order valence-electron chi connectivity index (χ2n) is 4.34. The minimum Gasteiger partial charge on any atom is -0.485 e. The summed E-state index contributed by atoms with van der Waals surface area (Å²) in [4.78, 5) is 23.6. The van der Waals surface area contributed by atoms with Gasteiger partial charge < -0.3 is 15.0 Å². The second-order valence-corrected chi connectivity index (χ2v) is 4.34. The molecule has 7 heteroatoms. The lowest BCUT2D eigenvalue weighted by atomic mass is 10.1. The second kappa shape index (κ2) is 7.44. The highest BCUT2D eigenvalue weighted by atomic mass is 16.6. The number of nitrogens with zero attached hydrogens (tertiary/aromatic N) is 2. The Labute approximate surface area is 117 Å². The van der Waals surface area contributed by atoms with Crippen molar-refractivity contribution in [2.24, 2.45) is 0 Å². The van der Waals surface area contributed by atoms with Crippen molar-refractivity contribution in [3.05, 3.63) is 33.9 Å². The lowest BCUT2D eigenvalue weighted by Crippen LogP contribution is -2.22. The maximum absolute atomic E-state index is 11.8. The number of ether oxygens (including phenoxy) is 1. The zero-order chi connectivity index (χ0) is 15.1. The number of hydrogen-bond acceptors (Lipinski definition) is 5. The van der Waals surface area contributed by atoms with E-state index in [1.807, 2.05) is 6.92 Å². The van der Waals surface area contributed by atoms with Crippen molar-refractivity contribution in [1.29, 1.82) is 0 Å². The molecule has 1 rings (SSSR count). The van der Waals surface area contributed by atoms with Gasteiger partial charge in [0.25, 0.3) is 5.91 Å². The predicted octanol–water partition coefficient (Wildman–Crippen LogP) is 1.28. The molecule has 20 heavy (non-hydrogen) atoms. The maximum Gasteiger partial charge on any atom is 0.311 e. The standard InChI is InChI=1S/C13H19N3O4/c1-4-14-7-8-20-12-6-5-10(13(17)15(2)3)9-11(12)16(18)19/h5-6,9,14H,4,7-8H2,1-3H3. The molecule has 0 aliphatic rings. The Morgan fingerprint density at radius 1 is 1.45 bits per heavy atom. The first-order chi connectivity index (χ1) is 9.47. The van der Waals surface area contributed by atoms with Crippen LogP contribution in [-0.2, 0) is 0 Å². The van der Waals surface area contributed by atoms with Gasteiger partial charge in [-0.15, -0.1) is 0 Å².